The van der Waals surface area contributed by atoms with E-state index in [0.29, 0.717) is 24.5 Å². The molecule has 31 heavy (non-hydrogen) atoms. The van der Waals surface area contributed by atoms with Gasteiger partial charge in [-0.05, 0) is 49.2 Å². The lowest BCUT2D eigenvalue weighted by Gasteiger charge is -2.31. The van der Waals surface area contributed by atoms with Crippen LogP contribution in [0.5, 0.6) is 0 Å². The van der Waals surface area contributed by atoms with Crippen LogP contribution in [0.4, 0.5) is 15.9 Å². The summed E-state index contributed by atoms with van der Waals surface area (Å²) < 4.78 is 13.0. The van der Waals surface area contributed by atoms with Gasteiger partial charge < -0.3 is 16.0 Å². The highest BCUT2D eigenvalue weighted by Crippen LogP contribution is 2.28. The van der Waals surface area contributed by atoms with E-state index in [1.165, 1.54) is 42.9 Å². The summed E-state index contributed by atoms with van der Waals surface area (Å²) in [4.78, 5) is 39.2. The smallest absolute Gasteiger partial charge is 0.274 e. The van der Waals surface area contributed by atoms with Gasteiger partial charge in [0.2, 0.25) is 0 Å². The van der Waals surface area contributed by atoms with E-state index in [2.05, 4.69) is 20.3 Å². The zero-order valence-corrected chi connectivity index (χ0v) is 16.7. The van der Waals surface area contributed by atoms with Crippen molar-refractivity contribution in [2.24, 2.45) is 0 Å². The normalized spacial score (nSPS) is 14.3. The van der Waals surface area contributed by atoms with Crippen LogP contribution in [-0.2, 0) is 0 Å². The fraction of sp³-hybridized carbons (Fsp3) is 0.227. The van der Waals surface area contributed by atoms with Crippen molar-refractivity contribution in [3.63, 3.8) is 0 Å². The average molecular weight is 420 g/mol. The summed E-state index contributed by atoms with van der Waals surface area (Å²) in [5.41, 5.74) is 7.89. The number of benzene rings is 1. The van der Waals surface area contributed by atoms with E-state index in [1.807, 2.05) is 0 Å². The Kier molecular flexibility index (Phi) is 5.83. The number of nitrogens with zero attached hydrogens (tertiary/aromatic N) is 4. The zero-order valence-electron chi connectivity index (χ0n) is 16.7. The van der Waals surface area contributed by atoms with Crippen LogP contribution in [0.3, 0.4) is 0 Å². The van der Waals surface area contributed by atoms with Gasteiger partial charge in [0.15, 0.2) is 0 Å². The fourth-order valence-electron chi connectivity index (χ4n) is 3.59. The molecule has 9 heteroatoms. The molecule has 1 fully saturated rings. The molecular weight excluding hydrogens is 399 g/mol. The first-order chi connectivity index (χ1) is 15.0. The van der Waals surface area contributed by atoms with E-state index in [9.17, 15) is 14.0 Å². The second-order valence-electron chi connectivity index (χ2n) is 7.29. The Bertz CT molecular complexity index is 1080. The zero-order chi connectivity index (χ0) is 21.8. The first-order valence-corrected chi connectivity index (χ1v) is 9.90. The van der Waals surface area contributed by atoms with Crippen molar-refractivity contribution >= 4 is 23.3 Å². The number of aromatic nitrogens is 3. The highest BCUT2D eigenvalue weighted by Gasteiger charge is 2.26. The largest absolute Gasteiger partial charge is 0.383 e. The molecule has 0 saturated carbocycles. The fourth-order valence-corrected chi connectivity index (χ4v) is 3.59. The monoisotopic (exact) mass is 420 g/mol. The molecule has 2 aromatic heterocycles. The van der Waals surface area contributed by atoms with Gasteiger partial charge in [-0.15, -0.1) is 0 Å². The number of rotatable bonds is 4. The molecule has 3 N–H and O–H groups in total. The quantitative estimate of drug-likeness (QED) is 0.671. The number of pyridine rings is 1. The SMILES string of the molecule is Nc1nc(C2CCN(C(=O)c3cnccn3)CC2)ccc1C(=O)Nc1ccc(F)cc1. The Balaban J connectivity index is 1.39. The number of nitrogens with two attached hydrogens (primary N) is 1. The van der Waals surface area contributed by atoms with Gasteiger partial charge in [0.1, 0.15) is 17.3 Å². The van der Waals surface area contributed by atoms with Crippen LogP contribution in [0, 0.1) is 5.82 Å². The summed E-state index contributed by atoms with van der Waals surface area (Å²) in [5, 5.41) is 2.68. The first-order valence-electron chi connectivity index (χ1n) is 9.90. The van der Waals surface area contributed by atoms with Gasteiger partial charge in [-0.1, -0.05) is 0 Å². The minimum absolute atomic E-state index is 0.133. The van der Waals surface area contributed by atoms with Gasteiger partial charge in [-0.25, -0.2) is 14.4 Å². The molecule has 8 nitrogen and oxygen atoms in total. The topological polar surface area (TPSA) is 114 Å². The third kappa shape index (κ3) is 4.66. The number of piperidine rings is 1. The molecule has 1 aliphatic heterocycles. The molecule has 158 valence electrons. The lowest BCUT2D eigenvalue weighted by Crippen LogP contribution is -2.38. The molecule has 1 saturated heterocycles. The Morgan fingerprint density at radius 1 is 1.06 bits per heavy atom. The van der Waals surface area contributed by atoms with Gasteiger partial charge in [0, 0.05) is 42.8 Å². The Morgan fingerprint density at radius 2 is 1.81 bits per heavy atom. The summed E-state index contributed by atoms with van der Waals surface area (Å²) in [6, 6.07) is 8.92. The molecule has 0 aliphatic carbocycles. The maximum absolute atomic E-state index is 13.0. The molecule has 3 heterocycles. The van der Waals surface area contributed by atoms with Crippen LogP contribution in [0.2, 0.25) is 0 Å². The van der Waals surface area contributed by atoms with E-state index < -0.39 is 5.91 Å². The molecule has 0 bridgehead atoms. The standard InChI is InChI=1S/C22H21FN6O2/c23-15-1-3-16(4-2-15)27-21(30)17-5-6-18(28-20(17)24)14-7-11-29(12-8-14)22(31)19-13-25-9-10-26-19/h1-6,9-10,13-14H,7-8,11-12H2,(H2,24,28)(H,27,30). The van der Waals surface area contributed by atoms with E-state index >= 15 is 0 Å². The van der Waals surface area contributed by atoms with Gasteiger partial charge in [-0.3, -0.25) is 14.6 Å². The highest BCUT2D eigenvalue weighted by atomic mass is 19.1. The molecule has 0 radical (unpaired) electrons. The molecule has 4 rings (SSSR count). The predicted octanol–water partition coefficient (Wildman–Crippen LogP) is 2.87. The van der Waals surface area contributed by atoms with Crippen LogP contribution in [0.25, 0.3) is 0 Å². The Labute approximate surface area is 178 Å². The van der Waals surface area contributed by atoms with E-state index in [0.717, 1.165) is 18.5 Å². The number of halogens is 1. The summed E-state index contributed by atoms with van der Waals surface area (Å²) in [5.74, 6) is -0.648. The van der Waals surface area contributed by atoms with Crippen molar-refractivity contribution in [2.75, 3.05) is 24.1 Å². The van der Waals surface area contributed by atoms with Crippen molar-refractivity contribution in [2.45, 2.75) is 18.8 Å². The van der Waals surface area contributed by atoms with Crippen LogP contribution < -0.4 is 11.1 Å². The minimum atomic E-state index is -0.410. The molecule has 0 spiro atoms. The number of carbonyl (C=O) groups is 2. The molecule has 1 aromatic carbocycles. The third-order valence-corrected chi connectivity index (χ3v) is 5.28. The lowest BCUT2D eigenvalue weighted by atomic mass is 9.92. The molecule has 0 unspecified atom stereocenters. The van der Waals surface area contributed by atoms with Gasteiger partial charge in [0.25, 0.3) is 11.8 Å². The van der Waals surface area contributed by atoms with Crippen molar-refractivity contribution < 1.29 is 14.0 Å². The Morgan fingerprint density at radius 3 is 2.45 bits per heavy atom. The minimum Gasteiger partial charge on any atom is -0.383 e. The number of likely N-dealkylation sites (tertiary alicyclic amines) is 1. The summed E-state index contributed by atoms with van der Waals surface area (Å²) in [6.45, 7) is 1.16. The van der Waals surface area contributed by atoms with Crippen LogP contribution in [0.1, 0.15) is 45.3 Å². The number of amides is 2. The lowest BCUT2D eigenvalue weighted by molar-refractivity contribution is 0.0705. The molecule has 3 aromatic rings. The molecular formula is C22H21FN6O2. The van der Waals surface area contributed by atoms with Gasteiger partial charge >= 0.3 is 0 Å². The second kappa shape index (κ2) is 8.86. The Hall–Kier alpha value is -3.88. The van der Waals surface area contributed by atoms with Crippen molar-refractivity contribution in [1.82, 2.24) is 19.9 Å². The second-order valence-corrected chi connectivity index (χ2v) is 7.29. The third-order valence-electron chi connectivity index (χ3n) is 5.28. The maximum atomic E-state index is 13.0. The van der Waals surface area contributed by atoms with Crippen molar-refractivity contribution in [3.8, 4) is 0 Å². The predicted molar refractivity (Wildman–Crippen MR) is 113 cm³/mol. The van der Waals surface area contributed by atoms with Crippen LogP contribution in [0.15, 0.2) is 55.0 Å². The number of hydrogen-bond acceptors (Lipinski definition) is 6. The first kappa shape index (κ1) is 20.4. The number of hydrogen-bond donors (Lipinski definition) is 2. The summed E-state index contributed by atoms with van der Waals surface area (Å²) in [7, 11) is 0. The summed E-state index contributed by atoms with van der Waals surface area (Å²) in [6.07, 6.45) is 5.97. The summed E-state index contributed by atoms with van der Waals surface area (Å²) >= 11 is 0. The molecule has 1 aliphatic rings. The average Bonchev–Trinajstić information content (AvgIpc) is 2.80. The number of nitrogen functional groups attached to an aromatic ring is 1. The number of anilines is 2. The van der Waals surface area contributed by atoms with E-state index in [1.54, 1.807) is 17.0 Å². The van der Waals surface area contributed by atoms with E-state index in [4.69, 9.17) is 5.73 Å². The van der Waals surface area contributed by atoms with Gasteiger partial charge in [-0.2, -0.15) is 0 Å². The molecule has 0 atom stereocenters. The number of nitrogens with one attached hydrogen (secondary N) is 1. The number of carbonyl (C=O) groups excluding carboxylic acids is 2. The van der Waals surface area contributed by atoms with E-state index in [-0.39, 0.29) is 29.0 Å². The van der Waals surface area contributed by atoms with Crippen LogP contribution >= 0.6 is 0 Å². The van der Waals surface area contributed by atoms with Gasteiger partial charge in [0.05, 0.1) is 11.8 Å². The highest BCUT2D eigenvalue weighted by molar-refractivity contribution is 6.07. The molecule has 2 amide bonds. The maximum Gasteiger partial charge on any atom is 0.274 e. The van der Waals surface area contributed by atoms with Crippen LogP contribution in [-0.4, -0.2) is 44.8 Å². The van der Waals surface area contributed by atoms with Crippen molar-refractivity contribution in [1.29, 1.82) is 0 Å². The van der Waals surface area contributed by atoms with Crippen molar-refractivity contribution in [3.05, 3.63) is 77.8 Å².